The zero-order chi connectivity index (χ0) is 15.6. The van der Waals surface area contributed by atoms with Crippen LogP contribution in [0.4, 0.5) is 0 Å². The number of benzene rings is 2. The number of ether oxygens (including phenoxy) is 1. The molecule has 0 aliphatic rings. The van der Waals surface area contributed by atoms with Gasteiger partial charge in [-0.25, -0.2) is 0 Å². The molecule has 0 atom stereocenters. The summed E-state index contributed by atoms with van der Waals surface area (Å²) in [5.41, 5.74) is 2.18. The molecule has 0 saturated heterocycles. The van der Waals surface area contributed by atoms with E-state index in [0.717, 1.165) is 11.1 Å². The number of hydrogen-bond acceptors (Lipinski definition) is 2. The van der Waals surface area contributed by atoms with Gasteiger partial charge in [-0.15, -0.1) is 0 Å². The van der Waals surface area contributed by atoms with Crippen LogP contribution in [-0.2, 0) is 9.53 Å². The van der Waals surface area contributed by atoms with Crippen LogP contribution in [0, 0.1) is 0 Å². The first-order valence-electron chi connectivity index (χ1n) is 7.11. The van der Waals surface area contributed by atoms with E-state index < -0.39 is 20.9 Å². The Kier molecular flexibility index (Phi) is 6.96. The molecule has 0 fully saturated rings. The van der Waals surface area contributed by atoms with E-state index in [4.69, 9.17) is 4.74 Å². The van der Waals surface area contributed by atoms with Gasteiger partial charge in [0.25, 0.3) is 0 Å². The number of hydrogen-bond donors (Lipinski definition) is 0. The van der Waals surface area contributed by atoms with Gasteiger partial charge in [0.05, 0.1) is 0 Å². The van der Waals surface area contributed by atoms with Crippen LogP contribution >= 0.6 is 0 Å². The van der Waals surface area contributed by atoms with Crippen LogP contribution in [0.1, 0.15) is 12.5 Å². The fraction of sp³-hybridized carbons (Fsp3) is 0.105. The van der Waals surface area contributed by atoms with Crippen LogP contribution < -0.4 is 3.61 Å². The molecule has 2 nitrogen and oxygen atoms in total. The Hall–Kier alpha value is -1.82. The zero-order valence-corrected chi connectivity index (χ0v) is 14.8. The van der Waals surface area contributed by atoms with Gasteiger partial charge in [-0.05, 0) is 0 Å². The van der Waals surface area contributed by atoms with E-state index in [9.17, 15) is 4.79 Å². The maximum absolute atomic E-state index is 11.5. The van der Waals surface area contributed by atoms with E-state index >= 15 is 0 Å². The molecule has 2 aromatic rings. The van der Waals surface area contributed by atoms with Gasteiger partial charge < -0.3 is 0 Å². The van der Waals surface area contributed by atoms with E-state index in [0.29, 0.717) is 6.61 Å². The molecule has 0 spiro atoms. The molecule has 112 valence electrons. The first-order valence-corrected chi connectivity index (χ1v) is 9.63. The van der Waals surface area contributed by atoms with E-state index in [1.807, 2.05) is 37.3 Å². The predicted octanol–water partition coefficient (Wildman–Crippen LogP) is 3.18. The van der Waals surface area contributed by atoms with Gasteiger partial charge in [-0.1, -0.05) is 0 Å². The standard InChI is InChI=1S/C19H18O2Te/c1-2-21-19(20)14-13-17(16-9-5-3-6-10-16)15-22-18-11-7-4-8-12-18/h3-15H,2H2,1H3/b14-13+,17-15-. The molecule has 2 aromatic carbocycles. The Labute approximate surface area is 141 Å². The number of rotatable bonds is 6. The van der Waals surface area contributed by atoms with Gasteiger partial charge >= 0.3 is 142 Å². The summed E-state index contributed by atoms with van der Waals surface area (Å²) in [5.74, 6) is -0.301. The third-order valence-corrected chi connectivity index (χ3v) is 5.47. The summed E-state index contributed by atoms with van der Waals surface area (Å²) in [4.78, 5) is 11.5. The normalized spacial score (nSPS) is 11.6. The van der Waals surface area contributed by atoms with Crippen LogP contribution in [0.15, 0.2) is 76.9 Å². The molecule has 0 saturated carbocycles. The van der Waals surface area contributed by atoms with Crippen molar-refractivity contribution in [2.75, 3.05) is 6.61 Å². The Bertz CT molecular complexity index is 646. The third kappa shape index (κ3) is 5.52. The van der Waals surface area contributed by atoms with E-state index in [1.54, 1.807) is 0 Å². The molecule has 0 radical (unpaired) electrons. The number of carbonyl (C=O) groups is 1. The Morgan fingerprint density at radius 3 is 2.27 bits per heavy atom. The number of carbonyl (C=O) groups excluding carboxylic acids is 1. The SMILES string of the molecule is CCOC(=O)/C=C/C(=C/[Te]c1ccccc1)c1ccccc1. The van der Waals surface area contributed by atoms with Crippen molar-refractivity contribution in [1.82, 2.24) is 0 Å². The van der Waals surface area contributed by atoms with E-state index in [2.05, 4.69) is 40.5 Å². The van der Waals surface area contributed by atoms with Crippen LogP contribution in [-0.4, -0.2) is 33.5 Å². The van der Waals surface area contributed by atoms with Gasteiger partial charge in [0.15, 0.2) is 0 Å². The molecule has 22 heavy (non-hydrogen) atoms. The Morgan fingerprint density at radius 2 is 1.64 bits per heavy atom. The summed E-state index contributed by atoms with van der Waals surface area (Å²) < 4.78 is 8.57. The molecule has 0 aliphatic carbocycles. The third-order valence-electron chi connectivity index (χ3n) is 2.86. The predicted molar refractivity (Wildman–Crippen MR) is 92.0 cm³/mol. The molecule has 0 amide bonds. The van der Waals surface area contributed by atoms with Gasteiger partial charge in [0, 0.05) is 0 Å². The molecule has 0 aliphatic heterocycles. The molecule has 3 heteroatoms. The first kappa shape index (κ1) is 16.5. The second-order valence-corrected chi connectivity index (χ2v) is 7.15. The van der Waals surface area contributed by atoms with Gasteiger partial charge in [0.1, 0.15) is 0 Å². The minimum atomic E-state index is -0.439. The average molecular weight is 406 g/mol. The van der Waals surface area contributed by atoms with Crippen molar-refractivity contribution < 1.29 is 9.53 Å². The van der Waals surface area contributed by atoms with Crippen molar-refractivity contribution in [3.05, 3.63) is 82.5 Å². The molecule has 0 unspecified atom stereocenters. The second kappa shape index (κ2) is 9.25. The fourth-order valence-corrected chi connectivity index (χ4v) is 4.07. The monoisotopic (exact) mass is 408 g/mol. The summed E-state index contributed by atoms with van der Waals surface area (Å²) in [6.07, 6.45) is 3.35. The Morgan fingerprint density at radius 1 is 1.00 bits per heavy atom. The van der Waals surface area contributed by atoms with Gasteiger partial charge in [-0.2, -0.15) is 0 Å². The second-order valence-electron chi connectivity index (χ2n) is 4.46. The number of esters is 1. The van der Waals surface area contributed by atoms with E-state index in [1.165, 1.54) is 9.69 Å². The molecular formula is C19H18O2Te. The van der Waals surface area contributed by atoms with Crippen molar-refractivity contribution in [2.45, 2.75) is 6.92 Å². The van der Waals surface area contributed by atoms with Crippen LogP contribution in [0.2, 0.25) is 0 Å². The van der Waals surface area contributed by atoms with Gasteiger partial charge in [-0.3, -0.25) is 0 Å². The average Bonchev–Trinajstić information content (AvgIpc) is 2.57. The Balaban J connectivity index is 2.20. The molecule has 2 rings (SSSR count). The molecule has 0 N–H and O–H groups in total. The molecule has 0 aromatic heterocycles. The maximum atomic E-state index is 11.5. The van der Waals surface area contributed by atoms with Crippen LogP contribution in [0.3, 0.4) is 0 Å². The molecule has 0 bridgehead atoms. The first-order chi connectivity index (χ1) is 10.8. The summed E-state index contributed by atoms with van der Waals surface area (Å²) in [7, 11) is 0. The van der Waals surface area contributed by atoms with E-state index in [-0.39, 0.29) is 5.97 Å². The van der Waals surface area contributed by atoms with Gasteiger partial charge in [0.2, 0.25) is 0 Å². The van der Waals surface area contributed by atoms with Crippen molar-refractivity contribution >= 4 is 36.1 Å². The minimum absolute atomic E-state index is 0.301. The number of allylic oxidation sites excluding steroid dienone is 2. The fourth-order valence-electron chi connectivity index (χ4n) is 1.81. The van der Waals surface area contributed by atoms with Crippen LogP contribution in [0.25, 0.3) is 5.57 Å². The van der Waals surface area contributed by atoms with Crippen molar-refractivity contribution in [1.29, 1.82) is 0 Å². The molecule has 0 heterocycles. The van der Waals surface area contributed by atoms with Crippen LogP contribution in [0.5, 0.6) is 0 Å². The molecular weight excluding hydrogens is 388 g/mol. The van der Waals surface area contributed by atoms with Crippen molar-refractivity contribution in [3.63, 3.8) is 0 Å². The zero-order valence-electron chi connectivity index (χ0n) is 12.4. The quantitative estimate of drug-likeness (QED) is 0.319. The summed E-state index contributed by atoms with van der Waals surface area (Å²) in [6.45, 7) is 2.20. The summed E-state index contributed by atoms with van der Waals surface area (Å²) in [5, 5.41) is 0. The topological polar surface area (TPSA) is 26.3 Å². The van der Waals surface area contributed by atoms with Crippen molar-refractivity contribution in [3.8, 4) is 0 Å². The summed E-state index contributed by atoms with van der Waals surface area (Å²) >= 11 is -0.439. The van der Waals surface area contributed by atoms with Crippen molar-refractivity contribution in [2.24, 2.45) is 0 Å². The summed E-state index contributed by atoms with van der Waals surface area (Å²) in [6, 6.07) is 20.6.